The topological polar surface area (TPSA) is 108 Å². The van der Waals surface area contributed by atoms with Gasteiger partial charge in [-0.1, -0.05) is 121 Å². The molecule has 254 valence electrons. The van der Waals surface area contributed by atoms with E-state index in [1.165, 1.54) is 89.9 Å². The zero-order valence-corrected chi connectivity index (χ0v) is 29.0. The first-order chi connectivity index (χ1) is 21.2. The van der Waals surface area contributed by atoms with Crippen LogP contribution in [0.25, 0.3) is 11.0 Å². The number of aromatic nitrogens is 3. The summed E-state index contributed by atoms with van der Waals surface area (Å²) in [7, 11) is 1.47. The maximum Gasteiger partial charge on any atom is 0.268 e. The molecular weight excluding hydrogens is 579 g/mol. The van der Waals surface area contributed by atoms with Crippen molar-refractivity contribution >= 4 is 18.9 Å². The summed E-state index contributed by atoms with van der Waals surface area (Å²) < 4.78 is 36.7. The number of fused-ring (bicyclic) bond motifs is 1. The van der Waals surface area contributed by atoms with Crippen molar-refractivity contribution in [3.8, 4) is 0 Å². The zero-order chi connectivity index (χ0) is 31.9. The van der Waals surface area contributed by atoms with Gasteiger partial charge in [-0.2, -0.15) is 0 Å². The second-order valence-electron chi connectivity index (χ2n) is 13.0. The monoisotopic (exact) mass is 640 g/mol. The van der Waals surface area contributed by atoms with Gasteiger partial charge in [0.25, 0.3) is 7.82 Å². The van der Waals surface area contributed by atoms with Gasteiger partial charge in [0.05, 0.1) is 39.9 Å². The van der Waals surface area contributed by atoms with Crippen molar-refractivity contribution < 1.29 is 32.5 Å². The van der Waals surface area contributed by atoms with E-state index in [1.54, 1.807) is 4.68 Å². The number of benzene rings is 1. The second-order valence-corrected chi connectivity index (χ2v) is 14.4. The lowest BCUT2D eigenvalue weighted by Crippen LogP contribution is -2.37. The number of likely N-dealkylation sites (N-methyl/N-ethyl adjacent to an activating group) is 1. The Labute approximate surface area is 267 Å². The molecule has 1 heterocycles. The average molecular weight is 641 g/mol. The van der Waals surface area contributed by atoms with E-state index in [-0.39, 0.29) is 26.6 Å². The van der Waals surface area contributed by atoms with Crippen LogP contribution in [-0.2, 0) is 29.8 Å². The number of unbranched alkanes of at least 4 members (excludes halogenated alkanes) is 15. The molecule has 1 aromatic heterocycles. The second kappa shape index (κ2) is 23.0. The molecule has 2 rings (SSSR count). The Bertz CT molecular complexity index is 1030. The highest BCUT2D eigenvalue weighted by Crippen LogP contribution is 2.38. The number of hydrogen-bond donors (Lipinski definition) is 0. The van der Waals surface area contributed by atoms with Gasteiger partial charge in [-0.15, -0.1) is 5.10 Å². The van der Waals surface area contributed by atoms with E-state index >= 15 is 0 Å². The van der Waals surface area contributed by atoms with Gasteiger partial charge < -0.3 is 27.9 Å². The smallest absolute Gasteiger partial charge is 0.268 e. The molecule has 0 spiro atoms. The third kappa shape index (κ3) is 19.2. The van der Waals surface area contributed by atoms with Crippen LogP contribution < -0.4 is 4.89 Å². The van der Waals surface area contributed by atoms with Gasteiger partial charge in [-0.3, -0.25) is 4.57 Å². The van der Waals surface area contributed by atoms with Crippen LogP contribution in [0.5, 0.6) is 0 Å². The minimum absolute atomic E-state index is 0.0604. The highest BCUT2D eigenvalue weighted by Gasteiger charge is 2.18. The summed E-state index contributed by atoms with van der Waals surface area (Å²) in [6, 6.07) is 7.64. The minimum Gasteiger partial charge on any atom is -0.756 e. The van der Waals surface area contributed by atoms with E-state index < -0.39 is 13.9 Å². The molecule has 0 amide bonds. The van der Waals surface area contributed by atoms with Crippen molar-refractivity contribution in [2.24, 2.45) is 0 Å². The van der Waals surface area contributed by atoms with Gasteiger partial charge in [0.15, 0.2) is 0 Å². The zero-order valence-electron chi connectivity index (χ0n) is 28.1. The summed E-state index contributed by atoms with van der Waals surface area (Å²) in [5.74, 6) is 0. The molecule has 0 bridgehead atoms. The SMILES string of the molecule is CCCCCCCCCCCCCCCCCCOC(COCn1nnc2ccccc21)COP(=O)([O-])OCC[N+](C)(C)C. The largest absolute Gasteiger partial charge is 0.756 e. The molecule has 0 aliphatic carbocycles. The molecule has 0 saturated carbocycles. The lowest BCUT2D eigenvalue weighted by atomic mass is 10.0. The van der Waals surface area contributed by atoms with Crippen molar-refractivity contribution in [1.29, 1.82) is 0 Å². The number of para-hydroxylation sites is 1. The van der Waals surface area contributed by atoms with E-state index in [0.29, 0.717) is 17.6 Å². The first-order valence-electron chi connectivity index (χ1n) is 17.1. The van der Waals surface area contributed by atoms with E-state index in [1.807, 2.05) is 45.4 Å². The first-order valence-corrected chi connectivity index (χ1v) is 18.5. The maximum atomic E-state index is 12.3. The van der Waals surface area contributed by atoms with Crippen LogP contribution in [0.4, 0.5) is 0 Å². The van der Waals surface area contributed by atoms with Crippen LogP contribution in [0.2, 0.25) is 0 Å². The quantitative estimate of drug-likeness (QED) is 0.0520. The van der Waals surface area contributed by atoms with Crippen LogP contribution in [-0.4, -0.2) is 79.7 Å². The van der Waals surface area contributed by atoms with Crippen molar-refractivity contribution in [2.45, 2.75) is 122 Å². The molecule has 2 aromatic rings. The molecule has 2 unspecified atom stereocenters. The summed E-state index contributed by atoms with van der Waals surface area (Å²) in [5, 5.41) is 8.27. The summed E-state index contributed by atoms with van der Waals surface area (Å²) in [5.41, 5.74) is 1.65. The van der Waals surface area contributed by atoms with Crippen molar-refractivity contribution in [1.82, 2.24) is 15.0 Å². The van der Waals surface area contributed by atoms with E-state index in [4.69, 9.17) is 18.5 Å². The molecule has 0 N–H and O–H groups in total. The van der Waals surface area contributed by atoms with Crippen LogP contribution >= 0.6 is 7.82 Å². The highest BCUT2D eigenvalue weighted by atomic mass is 31.2. The third-order valence-corrected chi connectivity index (χ3v) is 8.68. The van der Waals surface area contributed by atoms with Gasteiger partial charge >= 0.3 is 0 Å². The molecule has 44 heavy (non-hydrogen) atoms. The summed E-state index contributed by atoms with van der Waals surface area (Å²) >= 11 is 0. The molecule has 2 atom stereocenters. The number of phosphoric acid groups is 1. The van der Waals surface area contributed by atoms with Crippen LogP contribution in [0.15, 0.2) is 24.3 Å². The predicted octanol–water partition coefficient (Wildman–Crippen LogP) is 7.26. The lowest BCUT2D eigenvalue weighted by molar-refractivity contribution is -0.870. The number of rotatable bonds is 29. The lowest BCUT2D eigenvalue weighted by Gasteiger charge is -2.28. The van der Waals surface area contributed by atoms with E-state index in [2.05, 4.69) is 17.2 Å². The van der Waals surface area contributed by atoms with Crippen molar-refractivity contribution in [3.63, 3.8) is 0 Å². The predicted molar refractivity (Wildman–Crippen MR) is 175 cm³/mol. The molecule has 0 aliphatic heterocycles. The molecule has 0 fully saturated rings. The summed E-state index contributed by atoms with van der Waals surface area (Å²) in [4.78, 5) is 12.3. The number of hydrogen-bond acceptors (Lipinski definition) is 8. The van der Waals surface area contributed by atoms with Crippen molar-refractivity contribution in [2.75, 3.05) is 54.1 Å². The van der Waals surface area contributed by atoms with Gasteiger partial charge in [-0.05, 0) is 18.6 Å². The number of ether oxygens (including phenoxy) is 2. The number of phosphoric ester groups is 1. The standard InChI is InChI=1S/C33H61N4O6P/c1-5-6-7-8-9-10-11-12-13-14-15-16-17-18-19-22-26-41-31(29-43-44(38,39)42-27-25-37(2,3)4)28-40-30-36-33-24-21-20-23-32(33)34-35-36/h20-21,23-24,31H,5-19,22,25-30H2,1-4H3. The van der Waals surface area contributed by atoms with E-state index in [0.717, 1.165) is 23.9 Å². The molecule has 11 heteroatoms. The Morgan fingerprint density at radius 2 is 1.36 bits per heavy atom. The van der Waals surface area contributed by atoms with Crippen molar-refractivity contribution in [3.05, 3.63) is 24.3 Å². The van der Waals surface area contributed by atoms with Crippen LogP contribution in [0.3, 0.4) is 0 Å². The van der Waals surface area contributed by atoms with Gasteiger partial charge in [0.1, 0.15) is 31.5 Å². The van der Waals surface area contributed by atoms with Gasteiger partial charge in [0, 0.05) is 6.61 Å². The number of quaternary nitrogens is 1. The van der Waals surface area contributed by atoms with Crippen LogP contribution in [0, 0.1) is 0 Å². The maximum absolute atomic E-state index is 12.3. The Morgan fingerprint density at radius 3 is 1.95 bits per heavy atom. The fourth-order valence-corrected chi connectivity index (χ4v) is 5.69. The highest BCUT2D eigenvalue weighted by molar-refractivity contribution is 7.45. The van der Waals surface area contributed by atoms with Crippen LogP contribution in [0.1, 0.15) is 110 Å². The van der Waals surface area contributed by atoms with E-state index in [9.17, 15) is 9.46 Å². The third-order valence-electron chi connectivity index (χ3n) is 7.72. The molecular formula is C33H61N4O6P. The minimum atomic E-state index is -4.45. The molecule has 0 saturated heterocycles. The Balaban J connectivity index is 1.61. The number of nitrogens with zero attached hydrogens (tertiary/aromatic N) is 4. The molecule has 1 aromatic carbocycles. The van der Waals surface area contributed by atoms with Gasteiger partial charge in [-0.25, -0.2) is 4.68 Å². The Morgan fingerprint density at radius 1 is 0.795 bits per heavy atom. The fourth-order valence-electron chi connectivity index (χ4n) is 4.97. The Kier molecular flexibility index (Phi) is 20.3. The summed E-state index contributed by atoms with van der Waals surface area (Å²) in [6.45, 7) is 3.57. The molecule has 0 radical (unpaired) electrons. The fraction of sp³-hybridized carbons (Fsp3) is 0.818. The normalized spacial score (nSPS) is 14.3. The van der Waals surface area contributed by atoms with Gasteiger partial charge in [0.2, 0.25) is 0 Å². The average Bonchev–Trinajstić information content (AvgIpc) is 3.39. The molecule has 0 aliphatic rings. The molecule has 10 nitrogen and oxygen atoms in total. The Hall–Kier alpha value is -1.39. The first kappa shape index (κ1) is 38.8. The summed E-state index contributed by atoms with van der Waals surface area (Å²) in [6.07, 6.45) is 20.4.